The Balaban J connectivity index is 2.45. The van der Waals surface area contributed by atoms with Crippen molar-refractivity contribution < 1.29 is 9.90 Å². The van der Waals surface area contributed by atoms with E-state index in [1.807, 2.05) is 0 Å². The van der Waals surface area contributed by atoms with Gasteiger partial charge in [-0.15, -0.1) is 0 Å². The van der Waals surface area contributed by atoms with Crippen molar-refractivity contribution in [3.63, 3.8) is 0 Å². The molecule has 0 aromatic carbocycles. The lowest BCUT2D eigenvalue weighted by atomic mass is 10.4. The minimum Gasteiger partial charge on any atom is -0.480 e. The van der Waals surface area contributed by atoms with Crippen LogP contribution in [0.25, 0.3) is 0 Å². The van der Waals surface area contributed by atoms with Gasteiger partial charge in [0, 0.05) is 25.1 Å². The molecular formula is C8H11N3O2. The lowest BCUT2D eigenvalue weighted by Crippen LogP contribution is -2.25. The summed E-state index contributed by atoms with van der Waals surface area (Å²) in [5, 5.41) is 8.48. The highest BCUT2D eigenvalue weighted by Gasteiger charge is 2.04. The fraction of sp³-hybridized carbons (Fsp3) is 0.375. The first-order valence-corrected chi connectivity index (χ1v) is 3.83. The second-order valence-electron chi connectivity index (χ2n) is 2.76. The molecular weight excluding hydrogens is 170 g/mol. The molecule has 0 spiro atoms. The van der Waals surface area contributed by atoms with Crippen LogP contribution in [0.4, 0.5) is 0 Å². The molecule has 1 rings (SSSR count). The van der Waals surface area contributed by atoms with Crippen LogP contribution in [0.1, 0.15) is 5.69 Å². The number of aliphatic carboxylic acids is 1. The zero-order valence-electron chi connectivity index (χ0n) is 7.34. The molecule has 1 N–H and O–H groups in total. The van der Waals surface area contributed by atoms with Crippen LogP contribution in [-0.2, 0) is 11.3 Å². The molecule has 70 valence electrons. The monoisotopic (exact) mass is 181 g/mol. The van der Waals surface area contributed by atoms with E-state index < -0.39 is 5.97 Å². The van der Waals surface area contributed by atoms with Crippen LogP contribution in [0.3, 0.4) is 0 Å². The van der Waals surface area contributed by atoms with Gasteiger partial charge in [0.2, 0.25) is 0 Å². The maximum Gasteiger partial charge on any atom is 0.317 e. The van der Waals surface area contributed by atoms with Crippen LogP contribution in [0.15, 0.2) is 18.6 Å². The number of hydrogen-bond acceptors (Lipinski definition) is 4. The SMILES string of the molecule is CN(CC(=O)O)Cc1cnccn1. The molecule has 0 aliphatic rings. The smallest absolute Gasteiger partial charge is 0.317 e. The zero-order valence-corrected chi connectivity index (χ0v) is 7.34. The van der Waals surface area contributed by atoms with Gasteiger partial charge in [0.25, 0.3) is 0 Å². The van der Waals surface area contributed by atoms with E-state index in [0.717, 1.165) is 5.69 Å². The molecule has 13 heavy (non-hydrogen) atoms. The maximum absolute atomic E-state index is 10.3. The first-order chi connectivity index (χ1) is 6.18. The molecule has 0 amide bonds. The molecule has 0 saturated carbocycles. The van der Waals surface area contributed by atoms with Crippen LogP contribution in [0, 0.1) is 0 Å². The fourth-order valence-corrected chi connectivity index (χ4v) is 0.975. The van der Waals surface area contributed by atoms with E-state index in [1.165, 1.54) is 0 Å². The van der Waals surface area contributed by atoms with Crippen molar-refractivity contribution in [2.24, 2.45) is 0 Å². The average Bonchev–Trinajstić information content (AvgIpc) is 2.04. The molecule has 0 fully saturated rings. The van der Waals surface area contributed by atoms with Gasteiger partial charge in [0.1, 0.15) is 0 Å². The third-order valence-corrected chi connectivity index (χ3v) is 1.45. The highest BCUT2D eigenvalue weighted by Crippen LogP contribution is 1.95. The standard InChI is InChI=1S/C8H11N3O2/c1-11(6-8(12)13)5-7-4-9-2-3-10-7/h2-4H,5-6H2,1H3,(H,12,13). The Bertz CT molecular complexity index is 276. The van der Waals surface area contributed by atoms with Crippen molar-refractivity contribution in [1.29, 1.82) is 0 Å². The van der Waals surface area contributed by atoms with Gasteiger partial charge in [-0.25, -0.2) is 0 Å². The average molecular weight is 181 g/mol. The summed E-state index contributed by atoms with van der Waals surface area (Å²) >= 11 is 0. The van der Waals surface area contributed by atoms with Gasteiger partial charge in [-0.1, -0.05) is 0 Å². The minimum atomic E-state index is -0.841. The van der Waals surface area contributed by atoms with Gasteiger partial charge in [-0.05, 0) is 7.05 Å². The van der Waals surface area contributed by atoms with E-state index >= 15 is 0 Å². The van der Waals surface area contributed by atoms with Crippen LogP contribution >= 0.6 is 0 Å². The lowest BCUT2D eigenvalue weighted by Gasteiger charge is -2.12. The molecule has 0 bridgehead atoms. The zero-order chi connectivity index (χ0) is 9.68. The Kier molecular flexibility index (Phi) is 3.33. The summed E-state index contributed by atoms with van der Waals surface area (Å²) in [5.74, 6) is -0.841. The number of hydrogen-bond donors (Lipinski definition) is 1. The fourth-order valence-electron chi connectivity index (χ4n) is 0.975. The molecule has 0 unspecified atom stereocenters. The number of aromatic nitrogens is 2. The third-order valence-electron chi connectivity index (χ3n) is 1.45. The lowest BCUT2D eigenvalue weighted by molar-refractivity contribution is -0.138. The Morgan fingerprint density at radius 1 is 1.62 bits per heavy atom. The van der Waals surface area contributed by atoms with E-state index in [4.69, 9.17) is 5.11 Å². The summed E-state index contributed by atoms with van der Waals surface area (Å²) in [4.78, 5) is 19.9. The van der Waals surface area contributed by atoms with E-state index in [0.29, 0.717) is 6.54 Å². The highest BCUT2D eigenvalue weighted by atomic mass is 16.4. The predicted molar refractivity (Wildman–Crippen MR) is 46.0 cm³/mol. The van der Waals surface area contributed by atoms with Crippen LogP contribution in [0.5, 0.6) is 0 Å². The van der Waals surface area contributed by atoms with Crippen molar-refractivity contribution >= 4 is 5.97 Å². The van der Waals surface area contributed by atoms with Gasteiger partial charge >= 0.3 is 5.97 Å². The highest BCUT2D eigenvalue weighted by molar-refractivity contribution is 5.68. The van der Waals surface area contributed by atoms with E-state index in [9.17, 15) is 4.79 Å². The molecule has 0 aliphatic heterocycles. The largest absolute Gasteiger partial charge is 0.480 e. The molecule has 5 nitrogen and oxygen atoms in total. The summed E-state index contributed by atoms with van der Waals surface area (Å²) < 4.78 is 0. The van der Waals surface area contributed by atoms with Crippen LogP contribution in [-0.4, -0.2) is 39.5 Å². The van der Waals surface area contributed by atoms with Gasteiger partial charge in [-0.2, -0.15) is 0 Å². The van der Waals surface area contributed by atoms with Crippen LogP contribution in [0.2, 0.25) is 0 Å². The molecule has 0 saturated heterocycles. The molecule has 5 heteroatoms. The second-order valence-corrected chi connectivity index (χ2v) is 2.76. The number of nitrogens with zero attached hydrogens (tertiary/aromatic N) is 3. The molecule has 1 aromatic heterocycles. The summed E-state index contributed by atoms with van der Waals surface area (Å²) in [5.41, 5.74) is 0.770. The third kappa shape index (κ3) is 3.62. The Labute approximate surface area is 76.0 Å². The van der Waals surface area contributed by atoms with E-state index in [2.05, 4.69) is 9.97 Å². The summed E-state index contributed by atoms with van der Waals surface area (Å²) in [6, 6.07) is 0. The molecule has 1 heterocycles. The van der Waals surface area contributed by atoms with E-state index in [1.54, 1.807) is 30.5 Å². The Morgan fingerprint density at radius 3 is 2.92 bits per heavy atom. The Morgan fingerprint density at radius 2 is 2.38 bits per heavy atom. The first-order valence-electron chi connectivity index (χ1n) is 3.83. The number of carboxylic acids is 1. The van der Waals surface area contributed by atoms with Crippen LogP contribution < -0.4 is 0 Å². The Hall–Kier alpha value is -1.49. The number of carboxylic acid groups (broad SMARTS) is 1. The number of likely N-dealkylation sites (N-methyl/N-ethyl adjacent to an activating group) is 1. The van der Waals surface area contributed by atoms with Crippen molar-refractivity contribution in [2.45, 2.75) is 6.54 Å². The van der Waals surface area contributed by atoms with Crippen molar-refractivity contribution in [2.75, 3.05) is 13.6 Å². The van der Waals surface area contributed by atoms with Gasteiger partial charge < -0.3 is 5.11 Å². The van der Waals surface area contributed by atoms with Crippen molar-refractivity contribution in [1.82, 2.24) is 14.9 Å². The molecule has 0 atom stereocenters. The summed E-state index contributed by atoms with van der Waals surface area (Å²) in [6.45, 7) is 0.511. The normalized spacial score (nSPS) is 10.3. The quantitative estimate of drug-likeness (QED) is 0.707. The summed E-state index contributed by atoms with van der Waals surface area (Å²) in [6.07, 6.45) is 4.79. The van der Waals surface area contributed by atoms with Gasteiger partial charge in [0.05, 0.1) is 12.2 Å². The van der Waals surface area contributed by atoms with Gasteiger partial charge in [0.15, 0.2) is 0 Å². The molecule has 0 aliphatic carbocycles. The van der Waals surface area contributed by atoms with E-state index in [-0.39, 0.29) is 6.54 Å². The van der Waals surface area contributed by atoms with Crippen molar-refractivity contribution in [3.05, 3.63) is 24.3 Å². The first kappa shape index (κ1) is 9.60. The predicted octanol–water partition coefficient (Wildman–Crippen LogP) is -0.00700. The second kappa shape index (κ2) is 4.51. The minimum absolute atomic E-state index is 0.0105. The molecule has 1 aromatic rings. The van der Waals surface area contributed by atoms with Crippen molar-refractivity contribution in [3.8, 4) is 0 Å². The molecule has 0 radical (unpaired) electrons. The maximum atomic E-state index is 10.3. The number of rotatable bonds is 4. The topological polar surface area (TPSA) is 66.3 Å². The van der Waals surface area contributed by atoms with Gasteiger partial charge in [-0.3, -0.25) is 19.7 Å². The number of carbonyl (C=O) groups is 1. The summed E-state index contributed by atoms with van der Waals surface area (Å²) in [7, 11) is 1.72.